The van der Waals surface area contributed by atoms with E-state index in [9.17, 15) is 0 Å². The minimum absolute atomic E-state index is 0.669. The van der Waals surface area contributed by atoms with Gasteiger partial charge in [0.15, 0.2) is 0 Å². The lowest BCUT2D eigenvalue weighted by Crippen LogP contribution is -1.95. The van der Waals surface area contributed by atoms with Gasteiger partial charge in [-0.15, -0.1) is 0 Å². The summed E-state index contributed by atoms with van der Waals surface area (Å²) in [6.45, 7) is 0. The zero-order valence-corrected chi connectivity index (χ0v) is 10.1. The Morgan fingerprint density at radius 1 is 1.47 bits per heavy atom. The molecule has 4 heteroatoms. The van der Waals surface area contributed by atoms with E-state index in [0.717, 1.165) is 21.2 Å². The third-order valence-electron chi connectivity index (χ3n) is 2.98. The van der Waals surface area contributed by atoms with Crippen molar-refractivity contribution in [1.82, 2.24) is 9.55 Å². The molecule has 1 heterocycles. The van der Waals surface area contributed by atoms with E-state index in [4.69, 9.17) is 5.73 Å². The minimum Gasteiger partial charge on any atom is -0.398 e. The van der Waals surface area contributed by atoms with Gasteiger partial charge in [-0.05, 0) is 40.9 Å². The van der Waals surface area contributed by atoms with Crippen molar-refractivity contribution >= 4 is 32.7 Å². The summed E-state index contributed by atoms with van der Waals surface area (Å²) in [7, 11) is 2.08. The Kier molecular flexibility index (Phi) is 1.83. The number of benzene rings is 1. The van der Waals surface area contributed by atoms with E-state index in [2.05, 4.69) is 32.5 Å². The molecule has 0 spiro atoms. The van der Waals surface area contributed by atoms with Crippen LogP contribution in [0.15, 0.2) is 16.6 Å². The molecule has 1 saturated carbocycles. The number of aromatic nitrogens is 2. The lowest BCUT2D eigenvalue weighted by molar-refractivity contribution is 0.820. The van der Waals surface area contributed by atoms with Crippen LogP contribution >= 0.6 is 15.9 Å². The Labute approximate surface area is 96.4 Å². The summed E-state index contributed by atoms with van der Waals surface area (Å²) in [5.74, 6) is 1.87. The smallest absolute Gasteiger partial charge is 0.112 e. The average Bonchev–Trinajstić information content (AvgIpc) is 2.98. The molecule has 78 valence electrons. The molecule has 3 rings (SSSR count). The highest BCUT2D eigenvalue weighted by Gasteiger charge is 2.28. The van der Waals surface area contributed by atoms with E-state index in [1.807, 2.05) is 12.1 Å². The molecular formula is C11H12BrN3. The number of fused-ring (bicyclic) bond motifs is 1. The van der Waals surface area contributed by atoms with Crippen LogP contribution in [0.2, 0.25) is 0 Å². The summed E-state index contributed by atoms with van der Waals surface area (Å²) in [4.78, 5) is 4.64. The number of imidazole rings is 1. The van der Waals surface area contributed by atoms with Crippen LogP contribution in [0, 0.1) is 0 Å². The Hall–Kier alpha value is -1.03. The number of aryl methyl sites for hydroxylation is 1. The molecule has 2 N–H and O–H groups in total. The molecule has 0 amide bonds. The zero-order chi connectivity index (χ0) is 10.6. The van der Waals surface area contributed by atoms with Crippen LogP contribution in [0.5, 0.6) is 0 Å². The van der Waals surface area contributed by atoms with Crippen molar-refractivity contribution in [2.24, 2.45) is 7.05 Å². The first kappa shape index (κ1) is 9.21. The van der Waals surface area contributed by atoms with Gasteiger partial charge in [0.25, 0.3) is 0 Å². The van der Waals surface area contributed by atoms with E-state index in [1.165, 1.54) is 18.7 Å². The number of anilines is 1. The van der Waals surface area contributed by atoms with Crippen molar-refractivity contribution in [2.75, 3.05) is 5.73 Å². The van der Waals surface area contributed by atoms with Gasteiger partial charge in [0.05, 0.1) is 11.0 Å². The molecule has 0 saturated heterocycles. The maximum atomic E-state index is 5.84. The molecule has 1 aliphatic rings. The Morgan fingerprint density at radius 2 is 2.20 bits per heavy atom. The van der Waals surface area contributed by atoms with Gasteiger partial charge in [0.1, 0.15) is 5.82 Å². The van der Waals surface area contributed by atoms with E-state index in [0.29, 0.717) is 5.92 Å². The summed E-state index contributed by atoms with van der Waals surface area (Å²) < 4.78 is 3.12. The monoisotopic (exact) mass is 265 g/mol. The fourth-order valence-electron chi connectivity index (χ4n) is 1.95. The normalized spacial score (nSPS) is 16.1. The molecule has 0 radical (unpaired) electrons. The second-order valence-electron chi connectivity index (χ2n) is 4.17. The number of nitrogens with zero attached hydrogens (tertiary/aromatic N) is 2. The Balaban J connectivity index is 2.30. The Morgan fingerprint density at radius 3 is 2.87 bits per heavy atom. The number of hydrogen-bond donors (Lipinski definition) is 1. The molecule has 0 bridgehead atoms. The van der Waals surface area contributed by atoms with E-state index >= 15 is 0 Å². The number of rotatable bonds is 1. The lowest BCUT2D eigenvalue weighted by atomic mass is 10.3. The summed E-state index contributed by atoms with van der Waals surface area (Å²) in [6.07, 6.45) is 2.54. The van der Waals surface area contributed by atoms with Crippen molar-refractivity contribution in [2.45, 2.75) is 18.8 Å². The van der Waals surface area contributed by atoms with Crippen LogP contribution in [0.4, 0.5) is 5.69 Å². The summed E-state index contributed by atoms with van der Waals surface area (Å²) in [6, 6.07) is 3.98. The van der Waals surface area contributed by atoms with E-state index < -0.39 is 0 Å². The molecule has 0 aliphatic heterocycles. The quantitative estimate of drug-likeness (QED) is 0.806. The first-order valence-corrected chi connectivity index (χ1v) is 5.87. The van der Waals surface area contributed by atoms with Gasteiger partial charge in [-0.25, -0.2) is 4.98 Å². The molecule has 3 nitrogen and oxygen atoms in total. The molecule has 0 atom stereocenters. The molecule has 1 aromatic carbocycles. The minimum atomic E-state index is 0.669. The molecule has 15 heavy (non-hydrogen) atoms. The van der Waals surface area contributed by atoms with Gasteiger partial charge in [0.2, 0.25) is 0 Å². The fourth-order valence-corrected chi connectivity index (χ4v) is 2.29. The number of hydrogen-bond acceptors (Lipinski definition) is 2. The van der Waals surface area contributed by atoms with Crippen molar-refractivity contribution in [3.63, 3.8) is 0 Å². The first-order chi connectivity index (χ1) is 7.16. The summed E-state index contributed by atoms with van der Waals surface area (Å²) >= 11 is 3.45. The molecular weight excluding hydrogens is 254 g/mol. The van der Waals surface area contributed by atoms with Crippen molar-refractivity contribution in [3.8, 4) is 0 Å². The third kappa shape index (κ3) is 1.35. The zero-order valence-electron chi connectivity index (χ0n) is 8.50. The molecule has 2 aromatic rings. The van der Waals surface area contributed by atoms with Gasteiger partial charge in [-0.3, -0.25) is 0 Å². The second-order valence-corrected chi connectivity index (χ2v) is 5.02. The molecule has 1 aromatic heterocycles. The number of nitrogen functional groups attached to an aromatic ring is 1. The van der Waals surface area contributed by atoms with Gasteiger partial charge in [-0.1, -0.05) is 0 Å². The fraction of sp³-hybridized carbons (Fsp3) is 0.364. The molecule has 1 aliphatic carbocycles. The van der Waals surface area contributed by atoms with Gasteiger partial charge >= 0.3 is 0 Å². The standard InChI is InChI=1S/C11H12BrN3/c1-15-10-4-7(12)8(13)5-9(10)14-11(15)6-2-3-6/h4-6H,2-3,13H2,1H3. The first-order valence-electron chi connectivity index (χ1n) is 5.08. The number of halogens is 1. The summed E-state index contributed by atoms with van der Waals surface area (Å²) in [5.41, 5.74) is 8.74. The van der Waals surface area contributed by atoms with E-state index in [1.54, 1.807) is 0 Å². The highest BCUT2D eigenvalue weighted by atomic mass is 79.9. The van der Waals surface area contributed by atoms with Crippen LogP contribution < -0.4 is 5.73 Å². The van der Waals surface area contributed by atoms with Crippen molar-refractivity contribution in [3.05, 3.63) is 22.4 Å². The molecule has 1 fully saturated rings. The van der Waals surface area contributed by atoms with Crippen molar-refractivity contribution in [1.29, 1.82) is 0 Å². The lowest BCUT2D eigenvalue weighted by Gasteiger charge is -2.01. The van der Waals surface area contributed by atoms with Gasteiger partial charge in [0, 0.05) is 23.1 Å². The van der Waals surface area contributed by atoms with Crippen molar-refractivity contribution < 1.29 is 0 Å². The predicted octanol–water partition coefficient (Wildman–Crippen LogP) is 2.80. The van der Waals surface area contributed by atoms with Gasteiger partial charge in [-0.2, -0.15) is 0 Å². The highest BCUT2D eigenvalue weighted by Crippen LogP contribution is 2.40. The third-order valence-corrected chi connectivity index (χ3v) is 3.66. The summed E-state index contributed by atoms with van der Waals surface area (Å²) in [5, 5.41) is 0. The van der Waals surface area contributed by atoms with Crippen LogP contribution in [-0.4, -0.2) is 9.55 Å². The van der Waals surface area contributed by atoms with Crippen LogP contribution in [0.25, 0.3) is 11.0 Å². The SMILES string of the molecule is Cn1c(C2CC2)nc2cc(N)c(Br)cc21. The topological polar surface area (TPSA) is 43.8 Å². The maximum Gasteiger partial charge on any atom is 0.112 e. The van der Waals surface area contributed by atoms with Gasteiger partial charge < -0.3 is 10.3 Å². The largest absolute Gasteiger partial charge is 0.398 e. The molecule has 0 unspecified atom stereocenters. The van der Waals surface area contributed by atoms with Crippen LogP contribution in [-0.2, 0) is 7.05 Å². The average molecular weight is 266 g/mol. The number of nitrogens with two attached hydrogens (primary N) is 1. The van der Waals surface area contributed by atoms with Crippen LogP contribution in [0.3, 0.4) is 0 Å². The van der Waals surface area contributed by atoms with Crippen LogP contribution in [0.1, 0.15) is 24.6 Å². The van der Waals surface area contributed by atoms with E-state index in [-0.39, 0.29) is 0 Å². The highest BCUT2D eigenvalue weighted by molar-refractivity contribution is 9.10. The maximum absolute atomic E-state index is 5.84. The predicted molar refractivity (Wildman–Crippen MR) is 64.8 cm³/mol. The Bertz CT molecular complexity index is 540. The second kappa shape index (κ2) is 2.98.